The fraction of sp³-hybridized carbons (Fsp3) is 1.00. The van der Waals surface area contributed by atoms with Crippen LogP contribution in [-0.2, 0) is 27.6 Å². The van der Waals surface area contributed by atoms with Crippen LogP contribution < -0.4 is 0 Å². The van der Waals surface area contributed by atoms with Gasteiger partial charge >= 0.3 is 7.82 Å². The van der Waals surface area contributed by atoms with Crippen molar-refractivity contribution in [3.05, 3.63) is 0 Å². The number of rotatable bonds is 5. The molecule has 0 aliphatic carbocycles. The third-order valence-electron chi connectivity index (χ3n) is 1.93. The van der Waals surface area contributed by atoms with E-state index >= 15 is 0 Å². The molecule has 7 heteroatoms. The first-order chi connectivity index (χ1) is 6.91. The molecule has 0 N–H and O–H groups in total. The summed E-state index contributed by atoms with van der Waals surface area (Å²) < 4.78 is 36.5. The summed E-state index contributed by atoms with van der Waals surface area (Å²) in [6, 6.07) is 0. The maximum Gasteiger partial charge on any atom is 0.474 e. The molecule has 1 rings (SSSR count). The van der Waals surface area contributed by atoms with Crippen molar-refractivity contribution in [1.29, 1.82) is 0 Å². The first kappa shape index (κ1) is 13.1. The maximum atomic E-state index is 11.5. The summed E-state index contributed by atoms with van der Waals surface area (Å²) in [4.78, 5) is 0. The molecule has 1 heterocycles. The molecule has 1 fully saturated rings. The molecule has 0 aromatic heterocycles. The summed E-state index contributed by atoms with van der Waals surface area (Å²) >= 11 is 0. The van der Waals surface area contributed by atoms with Crippen molar-refractivity contribution in [2.75, 3.05) is 27.4 Å². The smallest absolute Gasteiger partial charge is 0.348 e. The topological polar surface area (TPSA) is 63.2 Å². The Kier molecular flexibility index (Phi) is 4.29. The van der Waals surface area contributed by atoms with Crippen molar-refractivity contribution in [3.63, 3.8) is 0 Å². The van der Waals surface area contributed by atoms with Crippen LogP contribution in [0.1, 0.15) is 13.8 Å². The van der Waals surface area contributed by atoms with Crippen LogP contribution in [0, 0.1) is 0 Å². The van der Waals surface area contributed by atoms with Gasteiger partial charge in [-0.05, 0) is 13.8 Å². The Morgan fingerprint density at radius 2 is 2.00 bits per heavy atom. The third kappa shape index (κ3) is 3.83. The second-order valence-corrected chi connectivity index (χ2v) is 5.44. The lowest BCUT2D eigenvalue weighted by Crippen LogP contribution is -2.23. The first-order valence-corrected chi connectivity index (χ1v) is 6.05. The zero-order chi connectivity index (χ0) is 11.5. The molecule has 0 radical (unpaired) electrons. The molecular weight excluding hydrogens is 223 g/mol. The van der Waals surface area contributed by atoms with Crippen LogP contribution in [-0.4, -0.2) is 39.3 Å². The first-order valence-electron chi connectivity index (χ1n) is 4.58. The zero-order valence-corrected chi connectivity index (χ0v) is 10.3. The lowest BCUT2D eigenvalue weighted by Gasteiger charge is -2.18. The van der Waals surface area contributed by atoms with Gasteiger partial charge in [0.1, 0.15) is 6.10 Å². The Labute approximate surface area is 89.4 Å². The van der Waals surface area contributed by atoms with Crippen molar-refractivity contribution in [3.8, 4) is 0 Å². The largest absolute Gasteiger partial charge is 0.474 e. The van der Waals surface area contributed by atoms with Gasteiger partial charge in [-0.25, -0.2) is 4.57 Å². The summed E-state index contributed by atoms with van der Waals surface area (Å²) in [6.07, 6.45) is -0.251. The maximum absolute atomic E-state index is 11.5. The van der Waals surface area contributed by atoms with Gasteiger partial charge in [0.05, 0.1) is 13.2 Å². The highest BCUT2D eigenvalue weighted by Gasteiger charge is 2.35. The minimum atomic E-state index is -3.41. The molecule has 90 valence electrons. The molecule has 15 heavy (non-hydrogen) atoms. The van der Waals surface area contributed by atoms with Gasteiger partial charge in [-0.1, -0.05) is 0 Å². The number of phosphoric acid groups is 1. The molecule has 0 saturated carbocycles. The van der Waals surface area contributed by atoms with Crippen molar-refractivity contribution in [2.45, 2.75) is 25.7 Å². The quantitative estimate of drug-likeness (QED) is 0.679. The van der Waals surface area contributed by atoms with E-state index in [1.165, 1.54) is 14.2 Å². The van der Waals surface area contributed by atoms with E-state index in [0.29, 0.717) is 6.61 Å². The summed E-state index contributed by atoms with van der Waals surface area (Å²) in [7, 11) is -0.883. The highest BCUT2D eigenvalue weighted by atomic mass is 31.2. The van der Waals surface area contributed by atoms with Gasteiger partial charge in [-0.2, -0.15) is 0 Å². The third-order valence-corrected chi connectivity index (χ3v) is 3.29. The molecule has 1 saturated heterocycles. The van der Waals surface area contributed by atoms with Crippen molar-refractivity contribution in [2.24, 2.45) is 0 Å². The van der Waals surface area contributed by atoms with E-state index in [1.54, 1.807) is 13.8 Å². The van der Waals surface area contributed by atoms with E-state index in [2.05, 4.69) is 9.05 Å². The molecule has 0 bridgehead atoms. The summed E-state index contributed by atoms with van der Waals surface area (Å²) in [5.74, 6) is -0.613. The van der Waals surface area contributed by atoms with E-state index in [1.807, 2.05) is 0 Å². The van der Waals surface area contributed by atoms with Gasteiger partial charge in [0.2, 0.25) is 0 Å². The molecular formula is C8H17O6P. The van der Waals surface area contributed by atoms with Crippen molar-refractivity contribution >= 4 is 7.82 Å². The molecule has 6 nitrogen and oxygen atoms in total. The highest BCUT2D eigenvalue weighted by molar-refractivity contribution is 7.48. The summed E-state index contributed by atoms with van der Waals surface area (Å²) in [6.45, 7) is 4.13. The van der Waals surface area contributed by atoms with Crippen LogP contribution >= 0.6 is 7.82 Å². The Balaban J connectivity index is 2.36. The van der Waals surface area contributed by atoms with Gasteiger partial charge in [0.25, 0.3) is 0 Å². The van der Waals surface area contributed by atoms with E-state index in [0.717, 1.165) is 0 Å². The van der Waals surface area contributed by atoms with Crippen molar-refractivity contribution < 1.29 is 27.6 Å². The molecule has 0 aromatic rings. The van der Waals surface area contributed by atoms with Crippen molar-refractivity contribution in [1.82, 2.24) is 0 Å². The SMILES string of the molecule is COP(=O)(OC)OCC1COC(C)(C)O1. The number of hydrogen-bond donors (Lipinski definition) is 0. The van der Waals surface area contributed by atoms with Gasteiger partial charge in [-0.15, -0.1) is 0 Å². The van der Waals surface area contributed by atoms with Crippen LogP contribution in [0.15, 0.2) is 0 Å². The average molecular weight is 240 g/mol. The molecule has 1 unspecified atom stereocenters. The number of hydrogen-bond acceptors (Lipinski definition) is 6. The average Bonchev–Trinajstić information content (AvgIpc) is 2.55. The van der Waals surface area contributed by atoms with E-state index in [9.17, 15) is 4.57 Å². The molecule has 1 aliphatic rings. The molecule has 0 spiro atoms. The molecule has 0 amide bonds. The summed E-state index contributed by atoms with van der Waals surface area (Å²) in [5, 5.41) is 0. The van der Waals surface area contributed by atoms with Crippen LogP contribution in [0.3, 0.4) is 0 Å². The second kappa shape index (κ2) is 4.91. The van der Waals surface area contributed by atoms with E-state index < -0.39 is 13.6 Å². The van der Waals surface area contributed by atoms with Gasteiger partial charge in [-0.3, -0.25) is 13.6 Å². The standard InChI is InChI=1S/C8H17O6P/c1-8(2)12-5-7(14-8)6-13-15(9,10-3)11-4/h7H,5-6H2,1-4H3. The summed E-state index contributed by atoms with van der Waals surface area (Å²) in [5.41, 5.74) is 0. The van der Waals surface area contributed by atoms with Crippen LogP contribution in [0.5, 0.6) is 0 Å². The monoisotopic (exact) mass is 240 g/mol. The predicted octanol–water partition coefficient (Wildman–Crippen LogP) is 1.56. The Hall–Kier alpha value is 0.0300. The Morgan fingerprint density at radius 3 is 2.40 bits per heavy atom. The number of ether oxygens (including phenoxy) is 2. The lowest BCUT2D eigenvalue weighted by atomic mass is 10.4. The minimum Gasteiger partial charge on any atom is -0.348 e. The van der Waals surface area contributed by atoms with Crippen LogP contribution in [0.25, 0.3) is 0 Å². The molecule has 1 aliphatic heterocycles. The predicted molar refractivity (Wildman–Crippen MR) is 52.5 cm³/mol. The minimum absolute atomic E-state index is 0.113. The van der Waals surface area contributed by atoms with E-state index in [-0.39, 0.29) is 12.7 Å². The van der Waals surface area contributed by atoms with Crippen LogP contribution in [0.4, 0.5) is 0 Å². The van der Waals surface area contributed by atoms with Gasteiger partial charge in [0.15, 0.2) is 5.79 Å². The molecule has 1 atom stereocenters. The molecule has 0 aromatic carbocycles. The lowest BCUT2D eigenvalue weighted by molar-refractivity contribution is -0.142. The second-order valence-electron chi connectivity index (χ2n) is 3.56. The Morgan fingerprint density at radius 1 is 1.40 bits per heavy atom. The fourth-order valence-corrected chi connectivity index (χ4v) is 1.91. The Bertz CT molecular complexity index is 246. The normalized spacial score (nSPS) is 25.7. The van der Waals surface area contributed by atoms with E-state index in [4.69, 9.17) is 14.0 Å². The van der Waals surface area contributed by atoms with Crippen LogP contribution in [0.2, 0.25) is 0 Å². The number of phosphoric ester groups is 1. The van der Waals surface area contributed by atoms with Gasteiger partial charge in [0, 0.05) is 14.2 Å². The van der Waals surface area contributed by atoms with Gasteiger partial charge < -0.3 is 9.47 Å². The zero-order valence-electron chi connectivity index (χ0n) is 9.39. The highest BCUT2D eigenvalue weighted by Crippen LogP contribution is 2.47. The fourth-order valence-electron chi connectivity index (χ4n) is 1.20.